The topological polar surface area (TPSA) is 23.6 Å². The molecule has 0 bridgehead atoms. The molecule has 1 aliphatic heterocycles. The Labute approximate surface area is 80.0 Å². The van der Waals surface area contributed by atoms with Crippen LogP contribution in [-0.2, 0) is 4.79 Å². The second-order valence-electron chi connectivity index (χ2n) is 3.83. The maximum absolute atomic E-state index is 11.4. The van der Waals surface area contributed by atoms with Crippen LogP contribution in [0.2, 0.25) is 0 Å². The number of carbonyl (C=O) groups is 1. The van der Waals surface area contributed by atoms with Crippen molar-refractivity contribution >= 4 is 5.91 Å². The number of rotatable bonds is 1. The highest BCUT2D eigenvalue weighted by atomic mass is 16.2. The van der Waals surface area contributed by atoms with Crippen molar-refractivity contribution in [3.8, 4) is 0 Å². The first-order valence-electron chi connectivity index (χ1n) is 4.69. The summed E-state index contributed by atoms with van der Waals surface area (Å²) in [6.07, 6.45) is 1.40. The zero-order chi connectivity index (χ0) is 10.0. The summed E-state index contributed by atoms with van der Waals surface area (Å²) in [7, 11) is 2.09. The molecule has 0 aliphatic carbocycles. The fourth-order valence-electron chi connectivity index (χ4n) is 1.72. The Balaban J connectivity index is 2.66. The van der Waals surface area contributed by atoms with Crippen molar-refractivity contribution in [2.75, 3.05) is 20.1 Å². The maximum Gasteiger partial charge on any atom is 0.246 e. The van der Waals surface area contributed by atoms with Crippen LogP contribution < -0.4 is 0 Å². The number of amides is 1. The second kappa shape index (κ2) is 3.92. The van der Waals surface area contributed by atoms with Gasteiger partial charge >= 0.3 is 0 Å². The van der Waals surface area contributed by atoms with E-state index in [-0.39, 0.29) is 5.91 Å². The van der Waals surface area contributed by atoms with Gasteiger partial charge in [0.25, 0.3) is 0 Å². The van der Waals surface area contributed by atoms with Gasteiger partial charge in [0.05, 0.1) is 0 Å². The van der Waals surface area contributed by atoms with Crippen LogP contribution in [0.15, 0.2) is 12.7 Å². The fraction of sp³-hybridized carbons (Fsp3) is 0.700. The minimum atomic E-state index is 0.0486. The Kier molecular flexibility index (Phi) is 3.09. The number of carbonyl (C=O) groups excluding carboxylic acids is 1. The summed E-state index contributed by atoms with van der Waals surface area (Å²) < 4.78 is 0. The number of hydrogen-bond donors (Lipinski definition) is 0. The van der Waals surface area contributed by atoms with E-state index in [4.69, 9.17) is 0 Å². The van der Waals surface area contributed by atoms with E-state index < -0.39 is 0 Å². The largest absolute Gasteiger partial charge is 0.334 e. The van der Waals surface area contributed by atoms with Crippen molar-refractivity contribution in [2.45, 2.75) is 25.9 Å². The van der Waals surface area contributed by atoms with Crippen molar-refractivity contribution in [2.24, 2.45) is 0 Å². The van der Waals surface area contributed by atoms with Gasteiger partial charge in [-0.15, -0.1) is 0 Å². The SMILES string of the molecule is C=CC(=O)N1CC(C)N(C)CC1C. The highest BCUT2D eigenvalue weighted by Crippen LogP contribution is 2.13. The lowest BCUT2D eigenvalue weighted by atomic mass is 10.1. The Morgan fingerprint density at radius 1 is 1.38 bits per heavy atom. The Bertz CT molecular complexity index is 215. The van der Waals surface area contributed by atoms with E-state index in [0.717, 1.165) is 13.1 Å². The van der Waals surface area contributed by atoms with Gasteiger partial charge in [-0.05, 0) is 27.0 Å². The van der Waals surface area contributed by atoms with E-state index in [9.17, 15) is 4.79 Å². The summed E-state index contributed by atoms with van der Waals surface area (Å²) >= 11 is 0. The van der Waals surface area contributed by atoms with Gasteiger partial charge in [-0.2, -0.15) is 0 Å². The summed E-state index contributed by atoms with van der Waals surface area (Å²) in [6.45, 7) is 9.47. The van der Waals surface area contributed by atoms with Crippen LogP contribution in [0.3, 0.4) is 0 Å². The normalized spacial score (nSPS) is 30.2. The van der Waals surface area contributed by atoms with Gasteiger partial charge in [0.2, 0.25) is 5.91 Å². The maximum atomic E-state index is 11.4. The molecule has 1 fully saturated rings. The first-order valence-corrected chi connectivity index (χ1v) is 4.69. The van der Waals surface area contributed by atoms with Crippen LogP contribution in [0.5, 0.6) is 0 Å². The highest BCUT2D eigenvalue weighted by Gasteiger charge is 2.28. The minimum Gasteiger partial charge on any atom is -0.334 e. The lowest BCUT2D eigenvalue weighted by Gasteiger charge is -2.42. The Morgan fingerprint density at radius 2 is 2.00 bits per heavy atom. The summed E-state index contributed by atoms with van der Waals surface area (Å²) in [5.41, 5.74) is 0. The number of hydrogen-bond acceptors (Lipinski definition) is 2. The minimum absolute atomic E-state index is 0.0486. The van der Waals surface area contributed by atoms with E-state index in [1.165, 1.54) is 6.08 Å². The number of piperazine rings is 1. The van der Waals surface area contributed by atoms with Crippen molar-refractivity contribution in [3.05, 3.63) is 12.7 Å². The van der Waals surface area contributed by atoms with Crippen LogP contribution in [0.1, 0.15) is 13.8 Å². The molecule has 0 aromatic carbocycles. The third-order valence-corrected chi connectivity index (χ3v) is 2.76. The molecule has 1 rings (SSSR count). The Morgan fingerprint density at radius 3 is 2.54 bits per heavy atom. The molecule has 1 aliphatic rings. The molecule has 3 nitrogen and oxygen atoms in total. The van der Waals surface area contributed by atoms with E-state index in [0.29, 0.717) is 12.1 Å². The number of likely N-dealkylation sites (N-methyl/N-ethyl adjacent to an activating group) is 1. The molecule has 0 spiro atoms. The molecule has 0 saturated carbocycles. The third-order valence-electron chi connectivity index (χ3n) is 2.76. The van der Waals surface area contributed by atoms with E-state index in [1.807, 2.05) is 4.90 Å². The molecule has 0 aromatic heterocycles. The molecule has 13 heavy (non-hydrogen) atoms. The smallest absolute Gasteiger partial charge is 0.246 e. The van der Waals surface area contributed by atoms with Gasteiger partial charge in [-0.1, -0.05) is 6.58 Å². The molecule has 1 amide bonds. The first-order chi connectivity index (χ1) is 6.06. The predicted molar refractivity (Wildman–Crippen MR) is 53.5 cm³/mol. The molecular weight excluding hydrogens is 164 g/mol. The van der Waals surface area contributed by atoms with Gasteiger partial charge in [0.1, 0.15) is 0 Å². The first kappa shape index (κ1) is 10.3. The summed E-state index contributed by atoms with van der Waals surface area (Å²) in [5, 5.41) is 0. The summed E-state index contributed by atoms with van der Waals surface area (Å²) in [4.78, 5) is 15.6. The molecule has 2 unspecified atom stereocenters. The summed E-state index contributed by atoms with van der Waals surface area (Å²) in [6, 6.07) is 0.742. The molecule has 1 saturated heterocycles. The van der Waals surface area contributed by atoms with E-state index in [1.54, 1.807) is 0 Å². The highest BCUT2D eigenvalue weighted by molar-refractivity contribution is 5.87. The quantitative estimate of drug-likeness (QED) is 0.558. The predicted octanol–water partition coefficient (Wildman–Crippen LogP) is 0.723. The van der Waals surface area contributed by atoms with Gasteiger partial charge < -0.3 is 4.90 Å². The molecule has 0 N–H and O–H groups in total. The standard InChI is InChI=1S/C10H18N2O/c1-5-10(13)12-7-8(2)11(4)6-9(12)3/h5,8-9H,1,6-7H2,2-4H3. The van der Waals surface area contributed by atoms with Crippen molar-refractivity contribution < 1.29 is 4.79 Å². The monoisotopic (exact) mass is 182 g/mol. The molecule has 0 radical (unpaired) electrons. The average Bonchev–Trinajstić information content (AvgIpc) is 2.10. The van der Waals surface area contributed by atoms with E-state index >= 15 is 0 Å². The van der Waals surface area contributed by atoms with Gasteiger partial charge in [-0.25, -0.2) is 0 Å². The second-order valence-corrected chi connectivity index (χ2v) is 3.83. The lowest BCUT2D eigenvalue weighted by Crippen LogP contribution is -2.56. The van der Waals surface area contributed by atoms with Crippen LogP contribution in [0.25, 0.3) is 0 Å². The zero-order valence-electron chi connectivity index (χ0n) is 8.66. The van der Waals surface area contributed by atoms with Crippen LogP contribution >= 0.6 is 0 Å². The molecule has 2 atom stereocenters. The number of nitrogens with zero attached hydrogens (tertiary/aromatic N) is 2. The van der Waals surface area contributed by atoms with Crippen molar-refractivity contribution in [3.63, 3.8) is 0 Å². The van der Waals surface area contributed by atoms with Gasteiger partial charge in [0.15, 0.2) is 0 Å². The lowest BCUT2D eigenvalue weighted by molar-refractivity contribution is -0.131. The van der Waals surface area contributed by atoms with E-state index in [2.05, 4.69) is 32.4 Å². The van der Waals surface area contributed by atoms with Crippen molar-refractivity contribution in [1.29, 1.82) is 0 Å². The van der Waals surface area contributed by atoms with Crippen LogP contribution in [0.4, 0.5) is 0 Å². The van der Waals surface area contributed by atoms with Gasteiger partial charge in [0, 0.05) is 25.2 Å². The average molecular weight is 182 g/mol. The molecule has 74 valence electrons. The molecule has 3 heteroatoms. The zero-order valence-corrected chi connectivity index (χ0v) is 8.66. The fourth-order valence-corrected chi connectivity index (χ4v) is 1.72. The summed E-state index contributed by atoms with van der Waals surface area (Å²) in [5.74, 6) is 0.0486. The molecular formula is C10H18N2O. The third kappa shape index (κ3) is 2.10. The van der Waals surface area contributed by atoms with Gasteiger partial charge in [-0.3, -0.25) is 9.69 Å². The van der Waals surface area contributed by atoms with Crippen molar-refractivity contribution in [1.82, 2.24) is 9.80 Å². The molecule has 0 aromatic rings. The van der Waals surface area contributed by atoms with Crippen LogP contribution in [-0.4, -0.2) is 47.9 Å². The Hall–Kier alpha value is -0.830. The van der Waals surface area contributed by atoms with Crippen LogP contribution in [0, 0.1) is 0 Å². The molecule has 1 heterocycles.